The SMILES string of the molecule is COC1=CC2=NC(=O)C(CNC3CCCCC3)=CC2C=C1. The fourth-order valence-corrected chi connectivity index (χ4v) is 3.13. The first-order valence-corrected chi connectivity index (χ1v) is 7.77. The number of ether oxygens (including phenoxy) is 1. The second kappa shape index (κ2) is 6.39. The Hall–Kier alpha value is -1.68. The molecule has 2 aliphatic carbocycles. The van der Waals surface area contributed by atoms with E-state index in [0.717, 1.165) is 17.0 Å². The Bertz CT molecular complexity index is 537. The highest BCUT2D eigenvalue weighted by Gasteiger charge is 2.24. The predicted octanol–water partition coefficient (Wildman–Crippen LogP) is 2.53. The monoisotopic (exact) mass is 286 g/mol. The van der Waals surface area contributed by atoms with E-state index in [2.05, 4.69) is 10.3 Å². The summed E-state index contributed by atoms with van der Waals surface area (Å²) < 4.78 is 5.18. The molecule has 0 aromatic carbocycles. The van der Waals surface area contributed by atoms with Crippen LogP contribution in [-0.4, -0.2) is 31.3 Å². The number of allylic oxidation sites excluding steroid dienone is 4. The maximum atomic E-state index is 12.1. The molecule has 1 amide bonds. The van der Waals surface area contributed by atoms with E-state index < -0.39 is 0 Å². The minimum absolute atomic E-state index is 0.102. The molecule has 0 aromatic heterocycles. The second-order valence-corrected chi connectivity index (χ2v) is 5.89. The zero-order valence-electron chi connectivity index (χ0n) is 12.5. The average Bonchev–Trinajstić information content (AvgIpc) is 2.53. The van der Waals surface area contributed by atoms with Gasteiger partial charge in [0.2, 0.25) is 0 Å². The lowest BCUT2D eigenvalue weighted by Crippen LogP contribution is -2.35. The van der Waals surface area contributed by atoms with Crippen molar-refractivity contribution >= 4 is 11.6 Å². The molecule has 4 nitrogen and oxygen atoms in total. The molecular weight excluding hydrogens is 264 g/mol. The van der Waals surface area contributed by atoms with Crippen molar-refractivity contribution in [1.29, 1.82) is 0 Å². The molecule has 0 aromatic rings. The molecular formula is C17H22N2O2. The van der Waals surface area contributed by atoms with E-state index in [0.29, 0.717) is 12.6 Å². The third-order valence-electron chi connectivity index (χ3n) is 4.41. The highest BCUT2D eigenvalue weighted by atomic mass is 16.5. The number of amides is 1. The second-order valence-electron chi connectivity index (χ2n) is 5.89. The fourth-order valence-electron chi connectivity index (χ4n) is 3.13. The number of dihydropyridines is 1. The number of methoxy groups -OCH3 is 1. The summed E-state index contributed by atoms with van der Waals surface area (Å²) in [5, 5.41) is 3.51. The number of aliphatic imine (C=N–C) groups is 1. The summed E-state index contributed by atoms with van der Waals surface area (Å²) in [7, 11) is 1.62. The number of nitrogens with zero attached hydrogens (tertiary/aromatic N) is 1. The van der Waals surface area contributed by atoms with Crippen molar-refractivity contribution in [2.45, 2.75) is 38.1 Å². The van der Waals surface area contributed by atoms with Gasteiger partial charge in [-0.05, 0) is 18.9 Å². The van der Waals surface area contributed by atoms with Gasteiger partial charge in [0, 0.05) is 30.2 Å². The van der Waals surface area contributed by atoms with Crippen LogP contribution in [0, 0.1) is 5.92 Å². The van der Waals surface area contributed by atoms with Crippen LogP contribution in [0.5, 0.6) is 0 Å². The van der Waals surface area contributed by atoms with E-state index in [1.807, 2.05) is 24.3 Å². The molecule has 1 fully saturated rings. The molecule has 0 spiro atoms. The van der Waals surface area contributed by atoms with Crippen LogP contribution in [0.4, 0.5) is 0 Å². The Morgan fingerprint density at radius 1 is 1.33 bits per heavy atom. The molecule has 1 unspecified atom stereocenters. The molecule has 1 aliphatic heterocycles. The van der Waals surface area contributed by atoms with Crippen molar-refractivity contribution < 1.29 is 9.53 Å². The van der Waals surface area contributed by atoms with E-state index >= 15 is 0 Å². The maximum Gasteiger partial charge on any atom is 0.274 e. The van der Waals surface area contributed by atoms with Crippen molar-refractivity contribution in [3.8, 4) is 0 Å². The number of carbonyl (C=O) groups excluding carboxylic acids is 1. The number of nitrogens with one attached hydrogen (secondary N) is 1. The van der Waals surface area contributed by atoms with Gasteiger partial charge in [-0.15, -0.1) is 0 Å². The van der Waals surface area contributed by atoms with Gasteiger partial charge >= 0.3 is 0 Å². The van der Waals surface area contributed by atoms with Gasteiger partial charge < -0.3 is 10.1 Å². The first kappa shape index (κ1) is 14.3. The zero-order chi connectivity index (χ0) is 14.7. The normalized spacial score (nSPS) is 25.9. The van der Waals surface area contributed by atoms with Crippen LogP contribution in [0.15, 0.2) is 40.6 Å². The first-order valence-electron chi connectivity index (χ1n) is 7.77. The minimum Gasteiger partial charge on any atom is -0.497 e. The van der Waals surface area contributed by atoms with Crippen LogP contribution < -0.4 is 5.32 Å². The molecule has 4 heteroatoms. The Balaban J connectivity index is 1.63. The quantitative estimate of drug-likeness (QED) is 0.864. The van der Waals surface area contributed by atoms with Crippen molar-refractivity contribution in [1.82, 2.24) is 5.32 Å². The average molecular weight is 286 g/mol. The lowest BCUT2D eigenvalue weighted by molar-refractivity contribution is -0.114. The Morgan fingerprint density at radius 2 is 2.14 bits per heavy atom. The van der Waals surface area contributed by atoms with E-state index in [-0.39, 0.29) is 11.8 Å². The third kappa shape index (κ3) is 3.32. The van der Waals surface area contributed by atoms with Crippen molar-refractivity contribution in [3.05, 3.63) is 35.6 Å². The number of fused-ring (bicyclic) bond motifs is 1. The third-order valence-corrected chi connectivity index (χ3v) is 4.41. The standard InChI is InChI=1S/C17H22N2O2/c1-21-15-8-7-12-9-13(17(20)19-16(12)10-15)11-18-14-5-3-2-4-6-14/h7-10,12,14,18H,2-6,11H2,1H3. The number of hydrogen-bond donors (Lipinski definition) is 1. The van der Waals surface area contributed by atoms with E-state index in [1.54, 1.807) is 7.11 Å². The van der Waals surface area contributed by atoms with E-state index in [9.17, 15) is 4.79 Å². The molecule has 1 saturated carbocycles. The summed E-state index contributed by atoms with van der Waals surface area (Å²) >= 11 is 0. The van der Waals surface area contributed by atoms with Gasteiger partial charge in [0.15, 0.2) is 0 Å². The molecule has 21 heavy (non-hydrogen) atoms. The minimum atomic E-state index is -0.119. The number of carbonyl (C=O) groups is 1. The van der Waals surface area contributed by atoms with Gasteiger partial charge in [-0.1, -0.05) is 31.4 Å². The first-order chi connectivity index (χ1) is 10.3. The molecule has 1 atom stereocenters. The molecule has 0 saturated heterocycles. The van der Waals surface area contributed by atoms with Gasteiger partial charge in [0.1, 0.15) is 5.76 Å². The number of hydrogen-bond acceptors (Lipinski definition) is 3. The van der Waals surface area contributed by atoms with Crippen molar-refractivity contribution in [2.24, 2.45) is 10.9 Å². The molecule has 3 rings (SSSR count). The topological polar surface area (TPSA) is 50.7 Å². The van der Waals surface area contributed by atoms with E-state index in [1.165, 1.54) is 32.1 Å². The summed E-state index contributed by atoms with van der Waals surface area (Å²) in [6.07, 6.45) is 14.2. The van der Waals surface area contributed by atoms with Gasteiger partial charge in [-0.3, -0.25) is 4.79 Å². The summed E-state index contributed by atoms with van der Waals surface area (Å²) in [4.78, 5) is 16.3. The van der Waals surface area contributed by atoms with Crippen LogP contribution in [0.3, 0.4) is 0 Å². The van der Waals surface area contributed by atoms with Gasteiger partial charge in [-0.25, -0.2) is 4.99 Å². The lowest BCUT2D eigenvalue weighted by atomic mass is 9.91. The molecule has 112 valence electrons. The summed E-state index contributed by atoms with van der Waals surface area (Å²) in [5.74, 6) is 0.728. The van der Waals surface area contributed by atoms with Crippen LogP contribution in [0.25, 0.3) is 0 Å². The summed E-state index contributed by atoms with van der Waals surface area (Å²) in [6.45, 7) is 0.630. The number of rotatable bonds is 4. The molecule has 0 radical (unpaired) electrons. The molecule has 0 bridgehead atoms. The van der Waals surface area contributed by atoms with Crippen LogP contribution >= 0.6 is 0 Å². The highest BCUT2D eigenvalue weighted by molar-refractivity contribution is 6.13. The molecule has 3 aliphatic rings. The van der Waals surface area contributed by atoms with Crippen LogP contribution in [0.2, 0.25) is 0 Å². The van der Waals surface area contributed by atoms with Crippen molar-refractivity contribution in [3.63, 3.8) is 0 Å². The Morgan fingerprint density at radius 3 is 2.90 bits per heavy atom. The fraction of sp³-hybridized carbons (Fsp3) is 0.529. The zero-order valence-corrected chi connectivity index (χ0v) is 12.5. The smallest absolute Gasteiger partial charge is 0.274 e. The summed E-state index contributed by atoms with van der Waals surface area (Å²) in [5.41, 5.74) is 1.56. The van der Waals surface area contributed by atoms with Crippen molar-refractivity contribution in [2.75, 3.05) is 13.7 Å². The Labute approximate surface area is 125 Å². The molecule has 1 heterocycles. The highest BCUT2D eigenvalue weighted by Crippen LogP contribution is 2.23. The van der Waals surface area contributed by atoms with Gasteiger partial charge in [0.25, 0.3) is 5.91 Å². The predicted molar refractivity (Wildman–Crippen MR) is 83.1 cm³/mol. The van der Waals surface area contributed by atoms with Crippen LogP contribution in [-0.2, 0) is 9.53 Å². The van der Waals surface area contributed by atoms with Gasteiger partial charge in [-0.2, -0.15) is 0 Å². The lowest BCUT2D eigenvalue weighted by Gasteiger charge is -2.25. The summed E-state index contributed by atoms with van der Waals surface area (Å²) in [6, 6.07) is 0.555. The van der Waals surface area contributed by atoms with Gasteiger partial charge in [0.05, 0.1) is 12.8 Å². The molecule has 1 N–H and O–H groups in total. The Kier molecular flexibility index (Phi) is 4.34. The largest absolute Gasteiger partial charge is 0.497 e. The van der Waals surface area contributed by atoms with E-state index in [4.69, 9.17) is 4.74 Å². The maximum absolute atomic E-state index is 12.1. The van der Waals surface area contributed by atoms with Crippen LogP contribution in [0.1, 0.15) is 32.1 Å².